The Kier molecular flexibility index (Phi) is 2.93. The molecule has 0 bridgehead atoms. The molecule has 1 aromatic carbocycles. The van der Waals surface area contributed by atoms with Crippen LogP contribution in [-0.2, 0) is 11.2 Å². The number of halogens is 1. The van der Waals surface area contributed by atoms with Crippen molar-refractivity contribution in [1.29, 1.82) is 0 Å². The summed E-state index contributed by atoms with van der Waals surface area (Å²) in [4.78, 5) is 20.4. The van der Waals surface area contributed by atoms with Gasteiger partial charge in [0.1, 0.15) is 5.15 Å². The lowest BCUT2D eigenvalue weighted by Crippen LogP contribution is -2.16. The number of aromatic nitrogens is 2. The van der Waals surface area contributed by atoms with Crippen LogP contribution in [0.5, 0.6) is 0 Å². The summed E-state index contributed by atoms with van der Waals surface area (Å²) in [5.74, 6) is 1.40. The highest BCUT2D eigenvalue weighted by atomic mass is 35.5. The number of rotatable bonds is 2. The minimum atomic E-state index is 0.0401. The van der Waals surface area contributed by atoms with Gasteiger partial charge in [0.25, 0.3) is 0 Å². The highest BCUT2D eigenvalue weighted by molar-refractivity contribution is 6.29. The van der Waals surface area contributed by atoms with Gasteiger partial charge in [0, 0.05) is 5.92 Å². The molecule has 3 atom stereocenters. The van der Waals surface area contributed by atoms with Crippen LogP contribution in [0.25, 0.3) is 0 Å². The topological polar surface area (TPSA) is 54.9 Å². The number of anilines is 1. The molecule has 1 heterocycles. The van der Waals surface area contributed by atoms with E-state index in [1.165, 1.54) is 23.5 Å². The summed E-state index contributed by atoms with van der Waals surface area (Å²) in [5.41, 5.74) is 2.73. The van der Waals surface area contributed by atoms with Crippen LogP contribution in [-0.4, -0.2) is 15.9 Å². The van der Waals surface area contributed by atoms with E-state index in [9.17, 15) is 4.79 Å². The molecule has 3 unspecified atom stereocenters. The highest BCUT2D eigenvalue weighted by Crippen LogP contribution is 2.60. The third kappa shape index (κ3) is 2.20. The Morgan fingerprint density at radius 1 is 1.24 bits per heavy atom. The molecule has 1 N–H and O–H groups in total. The zero-order valence-corrected chi connectivity index (χ0v) is 12.0. The number of hydrogen-bond donors (Lipinski definition) is 1. The van der Waals surface area contributed by atoms with Gasteiger partial charge in [-0.05, 0) is 35.8 Å². The van der Waals surface area contributed by atoms with E-state index in [2.05, 4.69) is 39.6 Å². The van der Waals surface area contributed by atoms with Gasteiger partial charge in [-0.25, -0.2) is 9.97 Å². The highest BCUT2D eigenvalue weighted by Gasteiger charge is 2.56. The van der Waals surface area contributed by atoms with Gasteiger partial charge in [0.2, 0.25) is 5.91 Å². The monoisotopic (exact) mass is 299 g/mol. The molecule has 2 aliphatic rings. The predicted molar refractivity (Wildman–Crippen MR) is 80.2 cm³/mol. The normalized spacial score (nSPS) is 25.7. The van der Waals surface area contributed by atoms with E-state index in [0.717, 1.165) is 12.8 Å². The fourth-order valence-electron chi connectivity index (χ4n) is 3.51. The number of carbonyl (C=O) groups is 1. The summed E-state index contributed by atoms with van der Waals surface area (Å²) in [6, 6.07) is 8.45. The van der Waals surface area contributed by atoms with E-state index < -0.39 is 0 Å². The second-order valence-corrected chi connectivity index (χ2v) is 6.05. The largest absolute Gasteiger partial charge is 0.309 e. The zero-order valence-electron chi connectivity index (χ0n) is 11.3. The fraction of sp³-hybridized carbons (Fsp3) is 0.312. The fourth-order valence-corrected chi connectivity index (χ4v) is 3.61. The Labute approximate surface area is 127 Å². The number of carbonyl (C=O) groups excluding carboxylic acids is 1. The SMILES string of the molecule is O=C(Nc1cnc(Cl)cn1)C1C2CCc3ccccc3C21. The molecule has 0 spiro atoms. The number of hydrogen-bond acceptors (Lipinski definition) is 3. The van der Waals surface area contributed by atoms with Crippen LogP contribution in [0.4, 0.5) is 5.82 Å². The van der Waals surface area contributed by atoms with Crippen LogP contribution in [0.15, 0.2) is 36.7 Å². The van der Waals surface area contributed by atoms with Crippen molar-refractivity contribution in [3.05, 3.63) is 52.9 Å². The minimum Gasteiger partial charge on any atom is -0.309 e. The Balaban J connectivity index is 1.52. The van der Waals surface area contributed by atoms with Crippen molar-refractivity contribution in [1.82, 2.24) is 9.97 Å². The second-order valence-electron chi connectivity index (χ2n) is 5.67. The Morgan fingerprint density at radius 3 is 2.90 bits per heavy atom. The number of benzene rings is 1. The molecule has 0 radical (unpaired) electrons. The molecule has 1 saturated carbocycles. The summed E-state index contributed by atoms with van der Waals surface area (Å²) in [7, 11) is 0. The molecule has 0 saturated heterocycles. The first-order chi connectivity index (χ1) is 10.2. The van der Waals surface area contributed by atoms with Gasteiger partial charge in [0.05, 0.1) is 12.4 Å². The van der Waals surface area contributed by atoms with Gasteiger partial charge in [-0.15, -0.1) is 0 Å². The molecule has 2 aliphatic carbocycles. The van der Waals surface area contributed by atoms with Crippen molar-refractivity contribution in [2.24, 2.45) is 11.8 Å². The van der Waals surface area contributed by atoms with E-state index >= 15 is 0 Å². The first-order valence-electron chi connectivity index (χ1n) is 7.10. The Morgan fingerprint density at radius 2 is 2.10 bits per heavy atom. The number of aryl methyl sites for hydroxylation is 1. The van der Waals surface area contributed by atoms with Crippen LogP contribution in [0.3, 0.4) is 0 Å². The van der Waals surface area contributed by atoms with Crippen molar-refractivity contribution >= 4 is 23.3 Å². The molecular weight excluding hydrogens is 286 g/mol. The van der Waals surface area contributed by atoms with Crippen LogP contribution in [0.2, 0.25) is 5.15 Å². The maximum absolute atomic E-state index is 12.4. The molecule has 21 heavy (non-hydrogen) atoms. The summed E-state index contributed by atoms with van der Waals surface area (Å²) >= 11 is 5.69. The van der Waals surface area contributed by atoms with Crippen LogP contribution >= 0.6 is 11.6 Å². The Hall–Kier alpha value is -1.94. The molecule has 1 aromatic heterocycles. The lowest BCUT2D eigenvalue weighted by Gasteiger charge is -2.13. The van der Waals surface area contributed by atoms with E-state index in [1.807, 2.05) is 0 Å². The Bertz CT molecular complexity index is 701. The smallest absolute Gasteiger partial charge is 0.229 e. The lowest BCUT2D eigenvalue weighted by atomic mass is 9.92. The van der Waals surface area contributed by atoms with Crippen molar-refractivity contribution in [3.63, 3.8) is 0 Å². The predicted octanol–water partition coefficient (Wildman–Crippen LogP) is 3.04. The number of fused-ring (bicyclic) bond motifs is 3. The molecule has 0 aliphatic heterocycles. The standard InChI is InChI=1S/C16H14ClN3O/c17-12-7-19-13(8-18-12)20-16(21)15-11-6-5-9-3-1-2-4-10(9)14(11)15/h1-4,7-8,11,14-15H,5-6H2,(H,19,20,21). The molecule has 106 valence electrons. The maximum Gasteiger partial charge on any atom is 0.229 e. The maximum atomic E-state index is 12.4. The van der Waals surface area contributed by atoms with Crippen molar-refractivity contribution in [3.8, 4) is 0 Å². The van der Waals surface area contributed by atoms with Gasteiger partial charge >= 0.3 is 0 Å². The molecule has 2 aromatic rings. The first kappa shape index (κ1) is 12.8. The van der Waals surface area contributed by atoms with Crippen LogP contribution in [0, 0.1) is 11.8 Å². The average Bonchev–Trinajstić information content (AvgIpc) is 3.25. The van der Waals surface area contributed by atoms with Crippen molar-refractivity contribution in [2.75, 3.05) is 5.32 Å². The van der Waals surface area contributed by atoms with E-state index in [-0.39, 0.29) is 11.8 Å². The zero-order chi connectivity index (χ0) is 14.4. The van der Waals surface area contributed by atoms with E-state index in [0.29, 0.717) is 22.8 Å². The first-order valence-corrected chi connectivity index (χ1v) is 7.48. The summed E-state index contributed by atoms with van der Waals surface area (Å²) in [6.07, 6.45) is 5.08. The third-order valence-electron chi connectivity index (χ3n) is 4.50. The van der Waals surface area contributed by atoms with Gasteiger partial charge in [0.15, 0.2) is 5.82 Å². The van der Waals surface area contributed by atoms with Gasteiger partial charge in [-0.3, -0.25) is 4.79 Å². The van der Waals surface area contributed by atoms with Crippen molar-refractivity contribution in [2.45, 2.75) is 18.8 Å². The molecule has 1 amide bonds. The van der Waals surface area contributed by atoms with Crippen LogP contribution in [0.1, 0.15) is 23.5 Å². The molecular formula is C16H14ClN3O. The summed E-state index contributed by atoms with van der Waals surface area (Å²) < 4.78 is 0. The summed E-state index contributed by atoms with van der Waals surface area (Å²) in [5, 5.41) is 3.17. The number of nitrogens with one attached hydrogen (secondary N) is 1. The third-order valence-corrected chi connectivity index (χ3v) is 4.70. The summed E-state index contributed by atoms with van der Waals surface area (Å²) in [6.45, 7) is 0. The molecule has 4 rings (SSSR count). The van der Waals surface area contributed by atoms with E-state index in [4.69, 9.17) is 11.6 Å². The van der Waals surface area contributed by atoms with Crippen molar-refractivity contribution < 1.29 is 4.79 Å². The average molecular weight is 300 g/mol. The second kappa shape index (κ2) is 4.81. The van der Waals surface area contributed by atoms with Gasteiger partial charge in [-0.2, -0.15) is 0 Å². The molecule has 4 nitrogen and oxygen atoms in total. The number of nitrogens with zero attached hydrogens (tertiary/aromatic N) is 2. The van der Waals surface area contributed by atoms with Crippen LogP contribution < -0.4 is 5.32 Å². The van der Waals surface area contributed by atoms with Gasteiger partial charge in [-0.1, -0.05) is 35.9 Å². The quantitative estimate of drug-likeness (QED) is 0.927. The molecule has 1 fully saturated rings. The van der Waals surface area contributed by atoms with E-state index in [1.54, 1.807) is 0 Å². The minimum absolute atomic E-state index is 0.0401. The molecule has 5 heteroatoms. The lowest BCUT2D eigenvalue weighted by molar-refractivity contribution is -0.117. The van der Waals surface area contributed by atoms with Gasteiger partial charge < -0.3 is 5.32 Å². The number of amides is 1.